The number of benzene rings is 4. The highest BCUT2D eigenvalue weighted by Gasteiger charge is 2.10. The molecule has 0 spiro atoms. The lowest BCUT2D eigenvalue weighted by atomic mass is 10.1. The second kappa shape index (κ2) is 16.4. The van der Waals surface area contributed by atoms with Gasteiger partial charge < -0.3 is 31.3 Å². The lowest BCUT2D eigenvalue weighted by Gasteiger charge is -2.12. The van der Waals surface area contributed by atoms with Gasteiger partial charge in [-0.2, -0.15) is 15.0 Å². The summed E-state index contributed by atoms with van der Waals surface area (Å²) in [5.41, 5.74) is 4.48. The summed E-state index contributed by atoms with van der Waals surface area (Å²) in [6, 6.07) is 29.7. The predicted molar refractivity (Wildman–Crippen MR) is 180 cm³/mol. The summed E-state index contributed by atoms with van der Waals surface area (Å²) in [6.45, 7) is 3.81. The van der Waals surface area contributed by atoms with Gasteiger partial charge in [-0.05, 0) is 73.2 Å². The van der Waals surface area contributed by atoms with E-state index in [-0.39, 0.29) is 30.1 Å². The van der Waals surface area contributed by atoms with Crippen molar-refractivity contribution in [3.05, 3.63) is 131 Å². The Hall–Kier alpha value is -5.88. The minimum atomic E-state index is -0.325. The molecular weight excluding hydrogens is 599 g/mol. The maximum absolute atomic E-state index is 13.1. The summed E-state index contributed by atoms with van der Waals surface area (Å²) >= 11 is 0. The number of rotatable bonds is 15. The molecule has 0 aliphatic rings. The number of carbonyl (C=O) groups is 2. The number of hydrogen-bond donors (Lipinski definition) is 5. The maximum atomic E-state index is 13.1. The van der Waals surface area contributed by atoms with Crippen LogP contribution < -0.4 is 26.6 Å². The number of aromatic nitrogens is 3. The largest absolute Gasteiger partial charge is 0.378 e. The van der Waals surface area contributed by atoms with Crippen molar-refractivity contribution in [1.29, 1.82) is 0 Å². The van der Waals surface area contributed by atoms with E-state index in [1.54, 1.807) is 48.5 Å². The Labute approximate surface area is 272 Å². The number of nitrogens with one attached hydrogen (secondary N) is 5. The Morgan fingerprint density at radius 2 is 1.19 bits per heavy atom. The van der Waals surface area contributed by atoms with Crippen LogP contribution in [0.3, 0.4) is 0 Å². The molecule has 47 heavy (non-hydrogen) atoms. The smallest absolute Gasteiger partial charge is 0.251 e. The Kier molecular flexibility index (Phi) is 11.4. The number of halogens is 1. The van der Waals surface area contributed by atoms with Crippen molar-refractivity contribution in [2.45, 2.75) is 13.5 Å². The van der Waals surface area contributed by atoms with E-state index in [0.29, 0.717) is 55.0 Å². The first-order valence-corrected chi connectivity index (χ1v) is 15.1. The molecule has 2 amide bonds. The van der Waals surface area contributed by atoms with Crippen LogP contribution in [-0.4, -0.2) is 53.1 Å². The third-order valence-electron chi connectivity index (χ3n) is 6.81. The van der Waals surface area contributed by atoms with Gasteiger partial charge in [-0.3, -0.25) is 9.59 Å². The molecule has 0 bridgehead atoms. The zero-order valence-corrected chi connectivity index (χ0v) is 25.8. The number of ether oxygens (including phenoxy) is 1. The number of amides is 2. The van der Waals surface area contributed by atoms with E-state index < -0.39 is 0 Å². The van der Waals surface area contributed by atoms with Gasteiger partial charge in [-0.15, -0.1) is 0 Å². The first-order valence-electron chi connectivity index (χ1n) is 15.1. The third-order valence-corrected chi connectivity index (χ3v) is 6.81. The molecule has 0 aliphatic heterocycles. The maximum Gasteiger partial charge on any atom is 0.251 e. The summed E-state index contributed by atoms with van der Waals surface area (Å²) in [6.07, 6.45) is 0. The average molecular weight is 635 g/mol. The fourth-order valence-electron chi connectivity index (χ4n) is 4.32. The van der Waals surface area contributed by atoms with E-state index in [2.05, 4.69) is 41.5 Å². The number of carbonyl (C=O) groups excluding carboxylic acids is 2. The minimum Gasteiger partial charge on any atom is -0.378 e. The highest BCUT2D eigenvalue weighted by Crippen LogP contribution is 2.20. The lowest BCUT2D eigenvalue weighted by Crippen LogP contribution is -2.27. The first kappa shape index (κ1) is 32.5. The van der Waals surface area contributed by atoms with Crippen LogP contribution in [0.4, 0.5) is 33.6 Å². The van der Waals surface area contributed by atoms with E-state index >= 15 is 0 Å². The van der Waals surface area contributed by atoms with Gasteiger partial charge in [0.05, 0.1) is 13.2 Å². The number of nitrogens with zero attached hydrogens (tertiary/aromatic N) is 3. The van der Waals surface area contributed by atoms with Crippen molar-refractivity contribution < 1.29 is 18.7 Å². The Bertz CT molecular complexity index is 1750. The standard InChI is InChI=1S/C35H35FN8O3/c1-24-7-15-29(16-8-24)40-34-42-33(38-20-22-47-21-19-37-31(45)26-5-3-2-4-6-26)43-35(44-34)41-30-17-11-27(12-18-30)32(46)39-23-25-9-13-28(36)14-10-25/h2-18H,19-23H2,1H3,(H,37,45)(H,39,46)(H3,38,40,41,42,43,44). The van der Waals surface area contributed by atoms with Crippen LogP contribution in [0.15, 0.2) is 103 Å². The molecule has 5 N–H and O–H groups in total. The Balaban J connectivity index is 1.16. The van der Waals surface area contributed by atoms with Crippen molar-refractivity contribution in [1.82, 2.24) is 25.6 Å². The van der Waals surface area contributed by atoms with Gasteiger partial charge in [-0.1, -0.05) is 48.0 Å². The topological polar surface area (TPSA) is 142 Å². The molecule has 12 heteroatoms. The fraction of sp³-hybridized carbons (Fsp3) is 0.171. The second-order valence-electron chi connectivity index (χ2n) is 10.5. The van der Waals surface area contributed by atoms with E-state index in [0.717, 1.165) is 16.8 Å². The number of aryl methyl sites for hydroxylation is 1. The number of hydrogen-bond acceptors (Lipinski definition) is 9. The molecule has 0 saturated carbocycles. The van der Waals surface area contributed by atoms with Crippen LogP contribution in [0.2, 0.25) is 0 Å². The summed E-state index contributed by atoms with van der Waals surface area (Å²) < 4.78 is 18.8. The molecule has 0 radical (unpaired) electrons. The van der Waals surface area contributed by atoms with Gasteiger partial charge in [0, 0.05) is 42.1 Å². The van der Waals surface area contributed by atoms with Crippen LogP contribution in [0.1, 0.15) is 31.8 Å². The molecule has 1 aromatic heterocycles. The van der Waals surface area contributed by atoms with Crippen LogP contribution in [0.25, 0.3) is 0 Å². The van der Waals surface area contributed by atoms with E-state index in [4.69, 9.17) is 4.74 Å². The summed E-state index contributed by atoms with van der Waals surface area (Å²) in [4.78, 5) is 38.3. The van der Waals surface area contributed by atoms with Crippen molar-refractivity contribution in [2.75, 3.05) is 42.3 Å². The first-order chi connectivity index (χ1) is 22.9. The van der Waals surface area contributed by atoms with Crippen molar-refractivity contribution in [2.24, 2.45) is 0 Å². The highest BCUT2D eigenvalue weighted by atomic mass is 19.1. The SMILES string of the molecule is Cc1ccc(Nc2nc(NCCOCCNC(=O)c3ccccc3)nc(Nc3ccc(C(=O)NCc4ccc(F)cc4)cc3)n2)cc1. The predicted octanol–water partition coefficient (Wildman–Crippen LogP) is 5.59. The molecule has 0 aliphatic carbocycles. The van der Waals surface area contributed by atoms with Gasteiger partial charge >= 0.3 is 0 Å². The molecule has 240 valence electrons. The normalized spacial score (nSPS) is 10.6. The molecule has 0 fully saturated rings. The molecule has 5 aromatic rings. The Morgan fingerprint density at radius 1 is 0.638 bits per heavy atom. The van der Waals surface area contributed by atoms with Crippen molar-refractivity contribution >= 4 is 41.0 Å². The van der Waals surface area contributed by atoms with Crippen LogP contribution in [0, 0.1) is 12.7 Å². The minimum absolute atomic E-state index is 0.147. The van der Waals surface area contributed by atoms with Crippen LogP contribution in [0.5, 0.6) is 0 Å². The number of anilines is 5. The molecule has 1 heterocycles. The van der Waals surface area contributed by atoms with E-state index in [1.165, 1.54) is 12.1 Å². The molecule has 0 unspecified atom stereocenters. The summed E-state index contributed by atoms with van der Waals surface area (Å²) in [5.74, 6) is 0.221. The van der Waals surface area contributed by atoms with Gasteiger partial charge in [0.2, 0.25) is 17.8 Å². The quantitative estimate of drug-likeness (QED) is 0.0931. The molecule has 4 aromatic carbocycles. The van der Waals surface area contributed by atoms with Crippen molar-refractivity contribution in [3.8, 4) is 0 Å². The van der Waals surface area contributed by atoms with Crippen molar-refractivity contribution in [3.63, 3.8) is 0 Å². The van der Waals surface area contributed by atoms with E-state index in [1.807, 2.05) is 49.4 Å². The lowest BCUT2D eigenvalue weighted by molar-refractivity contribution is 0.0919. The molecule has 11 nitrogen and oxygen atoms in total. The Morgan fingerprint density at radius 3 is 1.85 bits per heavy atom. The second-order valence-corrected chi connectivity index (χ2v) is 10.5. The monoisotopic (exact) mass is 634 g/mol. The van der Waals surface area contributed by atoms with Gasteiger partial charge in [0.15, 0.2) is 0 Å². The fourth-order valence-corrected chi connectivity index (χ4v) is 4.32. The molecule has 0 atom stereocenters. The van der Waals surface area contributed by atoms with Crippen LogP contribution >= 0.6 is 0 Å². The highest BCUT2D eigenvalue weighted by molar-refractivity contribution is 5.94. The van der Waals surface area contributed by atoms with Gasteiger partial charge in [0.25, 0.3) is 11.8 Å². The zero-order chi connectivity index (χ0) is 32.8. The third kappa shape index (κ3) is 10.3. The summed E-state index contributed by atoms with van der Waals surface area (Å²) in [5, 5.41) is 15.2. The van der Waals surface area contributed by atoms with Gasteiger partial charge in [0.1, 0.15) is 5.82 Å². The van der Waals surface area contributed by atoms with E-state index in [9.17, 15) is 14.0 Å². The van der Waals surface area contributed by atoms with Crippen LogP contribution in [-0.2, 0) is 11.3 Å². The molecule has 0 saturated heterocycles. The molecular formula is C35H35FN8O3. The average Bonchev–Trinajstić information content (AvgIpc) is 3.09. The summed E-state index contributed by atoms with van der Waals surface area (Å²) in [7, 11) is 0. The van der Waals surface area contributed by atoms with Gasteiger partial charge in [-0.25, -0.2) is 4.39 Å². The molecule has 5 rings (SSSR count). The zero-order valence-electron chi connectivity index (χ0n) is 25.8.